The first-order chi connectivity index (χ1) is 15.5. The van der Waals surface area contributed by atoms with Gasteiger partial charge in [-0.2, -0.15) is 0 Å². The number of benzene rings is 3. The van der Waals surface area contributed by atoms with Crippen molar-refractivity contribution < 1.29 is 13.9 Å². The highest BCUT2D eigenvalue weighted by Gasteiger charge is 2.15. The predicted molar refractivity (Wildman–Crippen MR) is 130 cm³/mol. The first kappa shape index (κ1) is 21.5. The van der Waals surface area contributed by atoms with E-state index in [1.165, 1.54) is 7.11 Å². The van der Waals surface area contributed by atoms with Crippen molar-refractivity contribution in [3.05, 3.63) is 93.8 Å². The molecule has 0 aliphatic rings. The number of carbonyl (C=O) groups excluding carboxylic acids is 1. The van der Waals surface area contributed by atoms with Crippen molar-refractivity contribution in [3.8, 4) is 16.9 Å². The summed E-state index contributed by atoms with van der Waals surface area (Å²) in [5.74, 6) is 0.0169. The number of ether oxygens (including phenoxy) is 1. The van der Waals surface area contributed by atoms with Gasteiger partial charge in [0.15, 0.2) is 5.11 Å². The molecule has 0 aliphatic carbocycles. The number of hydrogen-bond acceptors (Lipinski definition) is 5. The standard InChI is InChI=1S/C24H17ClN2O4S/c1-30-21-13-15(26-24(32)27-22(28)17-7-3-4-8-19(17)25)10-11-16(21)18-12-14-6-2-5-9-20(14)31-23(18)29/h2-13H,1H3,(H2,26,27,28,32). The SMILES string of the molecule is COc1cc(NC(=S)NC(=O)c2ccccc2Cl)ccc1-c1cc2ccccc2oc1=O. The molecule has 1 heterocycles. The summed E-state index contributed by atoms with van der Waals surface area (Å²) in [6.07, 6.45) is 0. The van der Waals surface area contributed by atoms with E-state index in [0.29, 0.717) is 38.7 Å². The Hall–Kier alpha value is -3.68. The van der Waals surface area contributed by atoms with E-state index in [-0.39, 0.29) is 5.11 Å². The third kappa shape index (κ3) is 4.49. The maximum Gasteiger partial charge on any atom is 0.344 e. The van der Waals surface area contributed by atoms with Gasteiger partial charge >= 0.3 is 5.63 Å². The second kappa shape index (κ2) is 9.21. The quantitative estimate of drug-likeness (QED) is 0.317. The lowest BCUT2D eigenvalue weighted by Crippen LogP contribution is -2.34. The summed E-state index contributed by atoms with van der Waals surface area (Å²) in [6.45, 7) is 0. The highest BCUT2D eigenvalue weighted by molar-refractivity contribution is 7.80. The second-order valence-electron chi connectivity index (χ2n) is 6.79. The van der Waals surface area contributed by atoms with Gasteiger partial charge in [0.2, 0.25) is 0 Å². The summed E-state index contributed by atoms with van der Waals surface area (Å²) in [5.41, 5.74) is 1.88. The van der Waals surface area contributed by atoms with E-state index in [4.69, 9.17) is 33.0 Å². The van der Waals surface area contributed by atoms with E-state index in [1.54, 1.807) is 60.7 Å². The smallest absolute Gasteiger partial charge is 0.344 e. The van der Waals surface area contributed by atoms with Crippen LogP contribution in [0, 0.1) is 0 Å². The van der Waals surface area contributed by atoms with Crippen LogP contribution in [0.4, 0.5) is 5.69 Å². The molecule has 0 unspecified atom stereocenters. The minimum atomic E-state index is -0.467. The molecule has 0 saturated carbocycles. The Labute approximate surface area is 193 Å². The molecule has 3 aromatic carbocycles. The van der Waals surface area contributed by atoms with Crippen LogP contribution in [0.2, 0.25) is 5.02 Å². The van der Waals surface area contributed by atoms with Gasteiger partial charge < -0.3 is 14.5 Å². The molecule has 0 spiro atoms. The van der Waals surface area contributed by atoms with E-state index in [2.05, 4.69) is 10.6 Å². The number of rotatable bonds is 4. The number of halogens is 1. The normalized spacial score (nSPS) is 10.6. The topological polar surface area (TPSA) is 80.6 Å². The zero-order valence-electron chi connectivity index (χ0n) is 16.8. The fourth-order valence-corrected chi connectivity index (χ4v) is 3.65. The van der Waals surface area contributed by atoms with Crippen molar-refractivity contribution in [2.75, 3.05) is 12.4 Å². The summed E-state index contributed by atoms with van der Waals surface area (Å²) >= 11 is 11.3. The molecule has 1 aromatic heterocycles. The highest BCUT2D eigenvalue weighted by atomic mass is 35.5. The van der Waals surface area contributed by atoms with Crippen LogP contribution in [0.1, 0.15) is 10.4 Å². The maximum absolute atomic E-state index is 12.5. The van der Waals surface area contributed by atoms with E-state index < -0.39 is 11.5 Å². The lowest BCUT2D eigenvalue weighted by Gasteiger charge is -2.13. The van der Waals surface area contributed by atoms with Crippen molar-refractivity contribution >= 4 is 51.5 Å². The number of para-hydroxylation sites is 1. The Balaban J connectivity index is 1.57. The molecule has 4 aromatic rings. The Morgan fingerprint density at radius 3 is 2.53 bits per heavy atom. The average Bonchev–Trinajstić information content (AvgIpc) is 2.78. The molecule has 0 bridgehead atoms. The molecule has 4 rings (SSSR count). The van der Waals surface area contributed by atoms with E-state index in [1.807, 2.05) is 12.1 Å². The molecule has 0 fully saturated rings. The van der Waals surface area contributed by atoms with Gasteiger partial charge in [-0.25, -0.2) is 4.79 Å². The second-order valence-corrected chi connectivity index (χ2v) is 7.60. The average molecular weight is 465 g/mol. The van der Waals surface area contributed by atoms with E-state index >= 15 is 0 Å². The fraction of sp³-hybridized carbons (Fsp3) is 0.0417. The molecule has 0 aliphatic heterocycles. The van der Waals surface area contributed by atoms with Crippen molar-refractivity contribution in [2.45, 2.75) is 0 Å². The van der Waals surface area contributed by atoms with Gasteiger partial charge in [0.25, 0.3) is 5.91 Å². The molecular weight excluding hydrogens is 448 g/mol. The van der Waals surface area contributed by atoms with E-state index in [0.717, 1.165) is 5.39 Å². The molecule has 160 valence electrons. The lowest BCUT2D eigenvalue weighted by atomic mass is 10.0. The number of nitrogens with one attached hydrogen (secondary N) is 2. The monoisotopic (exact) mass is 464 g/mol. The van der Waals surface area contributed by atoms with Gasteiger partial charge in [-0.15, -0.1) is 0 Å². The molecule has 6 nitrogen and oxygen atoms in total. The number of carbonyl (C=O) groups is 1. The molecule has 1 amide bonds. The largest absolute Gasteiger partial charge is 0.496 e. The van der Waals surface area contributed by atoms with Crippen LogP contribution in [-0.4, -0.2) is 18.1 Å². The predicted octanol–water partition coefficient (Wildman–Crippen LogP) is 5.25. The minimum absolute atomic E-state index is 0.0925. The van der Waals surface area contributed by atoms with Gasteiger partial charge in [-0.3, -0.25) is 10.1 Å². The van der Waals surface area contributed by atoms with Crippen LogP contribution in [0.15, 0.2) is 82.0 Å². The molecule has 0 atom stereocenters. The zero-order chi connectivity index (χ0) is 22.7. The Morgan fingerprint density at radius 2 is 1.75 bits per heavy atom. The maximum atomic E-state index is 12.5. The molecule has 2 N–H and O–H groups in total. The number of hydrogen-bond donors (Lipinski definition) is 2. The minimum Gasteiger partial charge on any atom is -0.496 e. The number of amides is 1. The van der Waals surface area contributed by atoms with Gasteiger partial charge in [0.1, 0.15) is 11.3 Å². The number of thiocarbonyl (C=S) groups is 1. The molecule has 32 heavy (non-hydrogen) atoms. The molecule has 0 radical (unpaired) electrons. The van der Waals surface area contributed by atoms with Crippen LogP contribution in [0.5, 0.6) is 5.75 Å². The Morgan fingerprint density at radius 1 is 1.00 bits per heavy atom. The number of methoxy groups -OCH3 is 1. The van der Waals surface area contributed by atoms with Gasteiger partial charge in [-0.05, 0) is 48.6 Å². The van der Waals surface area contributed by atoms with Gasteiger partial charge in [-0.1, -0.05) is 41.9 Å². The Bertz CT molecular complexity index is 1400. The van der Waals surface area contributed by atoms with Crippen LogP contribution >= 0.6 is 23.8 Å². The first-order valence-corrected chi connectivity index (χ1v) is 10.3. The first-order valence-electron chi connectivity index (χ1n) is 9.54. The fourth-order valence-electron chi connectivity index (χ4n) is 3.22. The van der Waals surface area contributed by atoms with Crippen molar-refractivity contribution in [2.24, 2.45) is 0 Å². The molecule has 8 heteroatoms. The van der Waals surface area contributed by atoms with Gasteiger partial charge in [0, 0.05) is 22.7 Å². The van der Waals surface area contributed by atoms with Crippen LogP contribution < -0.4 is 21.0 Å². The summed E-state index contributed by atoms with van der Waals surface area (Å²) in [7, 11) is 1.50. The van der Waals surface area contributed by atoms with Crippen LogP contribution in [-0.2, 0) is 0 Å². The third-order valence-corrected chi connectivity index (χ3v) is 5.27. The lowest BCUT2D eigenvalue weighted by molar-refractivity contribution is 0.0978. The number of fused-ring (bicyclic) bond motifs is 1. The Kier molecular flexibility index (Phi) is 6.20. The number of anilines is 1. The molecular formula is C24H17ClN2O4S. The van der Waals surface area contributed by atoms with Crippen molar-refractivity contribution in [1.29, 1.82) is 0 Å². The van der Waals surface area contributed by atoms with E-state index in [9.17, 15) is 9.59 Å². The summed E-state index contributed by atoms with van der Waals surface area (Å²) in [4.78, 5) is 24.9. The summed E-state index contributed by atoms with van der Waals surface area (Å²) in [5, 5.41) is 6.74. The third-order valence-electron chi connectivity index (χ3n) is 4.74. The van der Waals surface area contributed by atoms with Crippen LogP contribution in [0.3, 0.4) is 0 Å². The van der Waals surface area contributed by atoms with Crippen molar-refractivity contribution in [1.82, 2.24) is 5.32 Å². The zero-order valence-corrected chi connectivity index (χ0v) is 18.4. The summed E-state index contributed by atoms with van der Waals surface area (Å²) in [6, 6.07) is 20.8. The summed E-state index contributed by atoms with van der Waals surface area (Å²) < 4.78 is 10.9. The van der Waals surface area contributed by atoms with Crippen molar-refractivity contribution in [3.63, 3.8) is 0 Å². The molecule has 0 saturated heterocycles. The van der Waals surface area contributed by atoms with Gasteiger partial charge in [0.05, 0.1) is 23.3 Å². The highest BCUT2D eigenvalue weighted by Crippen LogP contribution is 2.32. The van der Waals surface area contributed by atoms with Crippen LogP contribution in [0.25, 0.3) is 22.1 Å².